The number of amides is 1. The summed E-state index contributed by atoms with van der Waals surface area (Å²) in [7, 11) is 1.90. The highest BCUT2D eigenvalue weighted by atomic mass is 16.2. The van der Waals surface area contributed by atoms with Gasteiger partial charge in [0.15, 0.2) is 0 Å². The zero-order valence-corrected chi connectivity index (χ0v) is 12.4. The van der Waals surface area contributed by atoms with Gasteiger partial charge in [-0.05, 0) is 44.0 Å². The van der Waals surface area contributed by atoms with Crippen molar-refractivity contribution in [3.63, 3.8) is 0 Å². The van der Waals surface area contributed by atoms with E-state index in [1.165, 1.54) is 0 Å². The molecule has 1 N–H and O–H groups in total. The van der Waals surface area contributed by atoms with Crippen LogP contribution in [0.5, 0.6) is 0 Å². The van der Waals surface area contributed by atoms with Crippen molar-refractivity contribution in [2.75, 3.05) is 26.7 Å². The summed E-state index contributed by atoms with van der Waals surface area (Å²) in [5.74, 6) is 0.695. The number of hydrogen-bond donors (Lipinski definition) is 1. The largest absolute Gasteiger partial charge is 0.341 e. The van der Waals surface area contributed by atoms with E-state index in [0.717, 1.165) is 48.9 Å². The molecule has 0 atom stereocenters. The SMILES string of the molecule is CN(CC1CCNCC1)C(=O)c1ccnc2ccccc12. The molecule has 1 fully saturated rings. The Morgan fingerprint density at radius 3 is 2.86 bits per heavy atom. The van der Waals surface area contributed by atoms with Crippen LogP contribution in [0, 0.1) is 5.92 Å². The third kappa shape index (κ3) is 3.05. The van der Waals surface area contributed by atoms with Crippen molar-refractivity contribution in [3.8, 4) is 0 Å². The number of carbonyl (C=O) groups is 1. The Morgan fingerprint density at radius 1 is 1.29 bits per heavy atom. The van der Waals surface area contributed by atoms with E-state index in [4.69, 9.17) is 0 Å². The van der Waals surface area contributed by atoms with Gasteiger partial charge in [-0.1, -0.05) is 18.2 Å². The molecule has 21 heavy (non-hydrogen) atoms. The van der Waals surface area contributed by atoms with Gasteiger partial charge in [-0.2, -0.15) is 0 Å². The first kappa shape index (κ1) is 14.0. The van der Waals surface area contributed by atoms with E-state index in [9.17, 15) is 4.79 Å². The van der Waals surface area contributed by atoms with Gasteiger partial charge in [-0.3, -0.25) is 9.78 Å². The number of nitrogens with one attached hydrogen (secondary N) is 1. The van der Waals surface area contributed by atoms with Gasteiger partial charge in [-0.15, -0.1) is 0 Å². The number of benzene rings is 1. The fourth-order valence-corrected chi connectivity index (χ4v) is 3.02. The standard InChI is InChI=1S/C17H21N3O/c1-20(12-13-6-9-18-10-7-13)17(21)15-8-11-19-16-5-3-2-4-14(15)16/h2-5,8,11,13,18H,6-7,9-10,12H2,1H3. The van der Waals surface area contributed by atoms with E-state index in [-0.39, 0.29) is 5.91 Å². The van der Waals surface area contributed by atoms with E-state index in [1.54, 1.807) is 6.20 Å². The second-order valence-electron chi connectivity index (χ2n) is 5.75. The van der Waals surface area contributed by atoms with E-state index in [0.29, 0.717) is 5.92 Å². The molecule has 1 aromatic heterocycles. The van der Waals surface area contributed by atoms with Gasteiger partial charge in [0, 0.05) is 25.2 Å². The van der Waals surface area contributed by atoms with E-state index in [2.05, 4.69) is 10.3 Å². The lowest BCUT2D eigenvalue weighted by Crippen LogP contribution is -2.37. The topological polar surface area (TPSA) is 45.2 Å². The van der Waals surface area contributed by atoms with Crippen LogP contribution >= 0.6 is 0 Å². The number of pyridine rings is 1. The Kier molecular flexibility index (Phi) is 4.15. The summed E-state index contributed by atoms with van der Waals surface area (Å²) in [6, 6.07) is 9.63. The number of piperidine rings is 1. The van der Waals surface area contributed by atoms with Crippen molar-refractivity contribution >= 4 is 16.8 Å². The van der Waals surface area contributed by atoms with Crippen LogP contribution in [0.3, 0.4) is 0 Å². The minimum absolute atomic E-state index is 0.0899. The minimum atomic E-state index is 0.0899. The van der Waals surface area contributed by atoms with Crippen molar-refractivity contribution in [2.24, 2.45) is 5.92 Å². The molecule has 1 aliphatic heterocycles. The maximum Gasteiger partial charge on any atom is 0.254 e. The summed E-state index contributed by atoms with van der Waals surface area (Å²) in [6.45, 7) is 2.95. The van der Waals surface area contributed by atoms with Crippen molar-refractivity contribution in [1.29, 1.82) is 0 Å². The Morgan fingerprint density at radius 2 is 2.05 bits per heavy atom. The lowest BCUT2D eigenvalue weighted by atomic mass is 9.97. The summed E-state index contributed by atoms with van der Waals surface area (Å²) in [6.07, 6.45) is 4.01. The first-order chi connectivity index (χ1) is 10.3. The average Bonchev–Trinajstić information content (AvgIpc) is 2.54. The highest BCUT2D eigenvalue weighted by Gasteiger charge is 2.20. The number of aromatic nitrogens is 1. The second kappa shape index (κ2) is 6.22. The first-order valence-electron chi connectivity index (χ1n) is 7.55. The molecule has 1 aliphatic rings. The molecule has 110 valence electrons. The van der Waals surface area contributed by atoms with Gasteiger partial charge >= 0.3 is 0 Å². The van der Waals surface area contributed by atoms with Gasteiger partial charge in [0.1, 0.15) is 0 Å². The summed E-state index contributed by atoms with van der Waals surface area (Å²) in [5.41, 5.74) is 1.62. The number of hydrogen-bond acceptors (Lipinski definition) is 3. The molecule has 4 heteroatoms. The Hall–Kier alpha value is -1.94. The predicted octanol–water partition coefficient (Wildman–Crippen LogP) is 2.31. The van der Waals surface area contributed by atoms with Crippen LogP contribution in [0.1, 0.15) is 23.2 Å². The van der Waals surface area contributed by atoms with E-state index >= 15 is 0 Å². The highest BCUT2D eigenvalue weighted by Crippen LogP contribution is 2.19. The van der Waals surface area contributed by atoms with Crippen LogP contribution in [0.4, 0.5) is 0 Å². The molecule has 0 bridgehead atoms. The third-order valence-electron chi connectivity index (χ3n) is 4.22. The molecule has 2 aromatic rings. The fourth-order valence-electron chi connectivity index (χ4n) is 3.02. The average molecular weight is 283 g/mol. The zero-order chi connectivity index (χ0) is 14.7. The van der Waals surface area contributed by atoms with Crippen molar-refractivity contribution in [3.05, 3.63) is 42.1 Å². The molecule has 0 unspecified atom stereocenters. The van der Waals surface area contributed by atoms with Crippen molar-refractivity contribution in [2.45, 2.75) is 12.8 Å². The minimum Gasteiger partial charge on any atom is -0.341 e. The summed E-state index contributed by atoms with van der Waals surface area (Å²) in [4.78, 5) is 18.9. The quantitative estimate of drug-likeness (QED) is 0.940. The molecular weight excluding hydrogens is 262 g/mol. The maximum atomic E-state index is 12.7. The number of fused-ring (bicyclic) bond motifs is 1. The maximum absolute atomic E-state index is 12.7. The van der Waals surface area contributed by atoms with Crippen LogP contribution < -0.4 is 5.32 Å². The van der Waals surface area contributed by atoms with E-state index in [1.807, 2.05) is 42.3 Å². The van der Waals surface area contributed by atoms with Gasteiger partial charge in [0.05, 0.1) is 11.1 Å². The number of nitrogens with zero attached hydrogens (tertiary/aromatic N) is 2. The van der Waals surface area contributed by atoms with Crippen LogP contribution in [0.25, 0.3) is 10.9 Å². The molecule has 0 aliphatic carbocycles. The number of carbonyl (C=O) groups excluding carboxylic acids is 1. The Balaban J connectivity index is 1.79. The molecule has 2 heterocycles. The molecule has 4 nitrogen and oxygen atoms in total. The summed E-state index contributed by atoms with van der Waals surface area (Å²) < 4.78 is 0. The molecule has 1 amide bonds. The summed E-state index contributed by atoms with van der Waals surface area (Å²) in [5, 5.41) is 4.29. The van der Waals surface area contributed by atoms with Crippen LogP contribution in [-0.4, -0.2) is 42.5 Å². The Bertz CT molecular complexity index is 629. The lowest BCUT2D eigenvalue weighted by molar-refractivity contribution is 0.0764. The molecule has 0 spiro atoms. The summed E-state index contributed by atoms with van der Waals surface area (Å²) >= 11 is 0. The molecule has 1 saturated heterocycles. The van der Waals surface area contributed by atoms with Gasteiger partial charge in [0.2, 0.25) is 0 Å². The van der Waals surface area contributed by atoms with Crippen molar-refractivity contribution in [1.82, 2.24) is 15.2 Å². The monoisotopic (exact) mass is 283 g/mol. The van der Waals surface area contributed by atoms with Crippen LogP contribution in [0.15, 0.2) is 36.5 Å². The number of para-hydroxylation sites is 1. The first-order valence-corrected chi connectivity index (χ1v) is 7.55. The van der Waals surface area contributed by atoms with Crippen molar-refractivity contribution < 1.29 is 4.79 Å². The van der Waals surface area contributed by atoms with E-state index < -0.39 is 0 Å². The second-order valence-corrected chi connectivity index (χ2v) is 5.75. The molecular formula is C17H21N3O. The Labute approximate surface area is 125 Å². The van der Waals surface area contributed by atoms with Crippen LogP contribution in [0.2, 0.25) is 0 Å². The highest BCUT2D eigenvalue weighted by molar-refractivity contribution is 6.05. The van der Waals surface area contributed by atoms with Crippen LogP contribution in [-0.2, 0) is 0 Å². The third-order valence-corrected chi connectivity index (χ3v) is 4.22. The lowest BCUT2D eigenvalue weighted by Gasteiger charge is -2.27. The normalized spacial score (nSPS) is 16.0. The molecule has 0 radical (unpaired) electrons. The smallest absolute Gasteiger partial charge is 0.254 e. The van der Waals surface area contributed by atoms with Gasteiger partial charge in [0.25, 0.3) is 5.91 Å². The predicted molar refractivity (Wildman–Crippen MR) is 84.3 cm³/mol. The molecule has 3 rings (SSSR count). The fraction of sp³-hybridized carbons (Fsp3) is 0.412. The zero-order valence-electron chi connectivity index (χ0n) is 12.4. The van der Waals surface area contributed by atoms with Gasteiger partial charge < -0.3 is 10.2 Å². The number of rotatable bonds is 3. The molecule has 0 saturated carbocycles. The molecule has 1 aromatic carbocycles. The van der Waals surface area contributed by atoms with Gasteiger partial charge in [-0.25, -0.2) is 0 Å².